The number of ether oxygens (including phenoxy) is 1. The molecule has 0 unspecified atom stereocenters. The molecule has 1 N–H and O–H groups in total. The second-order valence-corrected chi connectivity index (χ2v) is 6.50. The zero-order valence-corrected chi connectivity index (χ0v) is 15.3. The summed E-state index contributed by atoms with van der Waals surface area (Å²) in [5.74, 6) is -0.221. The van der Waals surface area contributed by atoms with Crippen LogP contribution in [0.15, 0.2) is 48.5 Å². The number of anilines is 1. The average molecular weight is 370 g/mol. The first-order chi connectivity index (χ1) is 13.1. The second kappa shape index (κ2) is 8.66. The molecule has 1 aliphatic heterocycles. The molecule has 1 heterocycles. The lowest BCUT2D eigenvalue weighted by Gasteiger charge is -2.31. The predicted octanol–water partition coefficient (Wildman–Crippen LogP) is 3.72. The monoisotopic (exact) mass is 370 g/mol. The lowest BCUT2D eigenvalue weighted by Crippen LogP contribution is -2.41. The normalized spacial score (nSPS) is 14.7. The highest BCUT2D eigenvalue weighted by Crippen LogP contribution is 2.26. The summed E-state index contributed by atoms with van der Waals surface area (Å²) in [4.78, 5) is 26.7. The smallest absolute Gasteiger partial charge is 0.253 e. The first-order valence-corrected chi connectivity index (χ1v) is 9.16. The van der Waals surface area contributed by atoms with E-state index in [9.17, 15) is 14.0 Å². The Bertz CT molecular complexity index is 817. The molecule has 5 nitrogen and oxygen atoms in total. The standard InChI is InChI=1S/C21H23FN2O3/c1-2-27-19-9-4-3-8-18(19)23-20(25)15-10-12-24(13-11-15)21(26)16-6-5-7-17(22)14-16/h3-9,14-15H,2,10-13H2,1H3,(H,23,25). The first kappa shape index (κ1) is 18.9. The number of hydrogen-bond acceptors (Lipinski definition) is 3. The van der Waals surface area contributed by atoms with Crippen LogP contribution in [0.1, 0.15) is 30.1 Å². The molecule has 0 bridgehead atoms. The van der Waals surface area contributed by atoms with Gasteiger partial charge in [0, 0.05) is 24.6 Å². The topological polar surface area (TPSA) is 58.6 Å². The van der Waals surface area contributed by atoms with Crippen molar-refractivity contribution in [2.45, 2.75) is 19.8 Å². The van der Waals surface area contributed by atoms with E-state index in [1.54, 1.807) is 11.0 Å². The molecule has 0 aliphatic carbocycles. The molecule has 142 valence electrons. The molecule has 2 aromatic rings. The summed E-state index contributed by atoms with van der Waals surface area (Å²) < 4.78 is 18.9. The van der Waals surface area contributed by atoms with Crippen molar-refractivity contribution in [3.63, 3.8) is 0 Å². The van der Waals surface area contributed by atoms with Gasteiger partial charge in [0.2, 0.25) is 5.91 Å². The van der Waals surface area contributed by atoms with E-state index in [0.29, 0.717) is 49.5 Å². The third-order valence-corrected chi connectivity index (χ3v) is 4.67. The zero-order chi connectivity index (χ0) is 19.2. The molecule has 1 fully saturated rings. The summed E-state index contributed by atoms with van der Waals surface area (Å²) in [6.07, 6.45) is 1.15. The quantitative estimate of drug-likeness (QED) is 0.873. The lowest BCUT2D eigenvalue weighted by atomic mass is 9.95. The minimum Gasteiger partial charge on any atom is -0.492 e. The highest BCUT2D eigenvalue weighted by atomic mass is 19.1. The Labute approximate surface area is 158 Å². The number of amides is 2. The van der Waals surface area contributed by atoms with Crippen molar-refractivity contribution in [1.82, 2.24) is 4.90 Å². The molecule has 0 radical (unpaired) electrons. The SMILES string of the molecule is CCOc1ccccc1NC(=O)C1CCN(C(=O)c2cccc(F)c2)CC1. The molecule has 27 heavy (non-hydrogen) atoms. The van der Waals surface area contributed by atoms with Crippen molar-refractivity contribution in [2.75, 3.05) is 25.0 Å². The number of carbonyl (C=O) groups excluding carboxylic acids is 2. The van der Waals surface area contributed by atoms with Crippen LogP contribution in [-0.2, 0) is 4.79 Å². The van der Waals surface area contributed by atoms with Gasteiger partial charge in [-0.1, -0.05) is 18.2 Å². The van der Waals surface area contributed by atoms with Crippen LogP contribution in [0.5, 0.6) is 5.75 Å². The van der Waals surface area contributed by atoms with Gasteiger partial charge < -0.3 is 15.0 Å². The van der Waals surface area contributed by atoms with Crippen LogP contribution in [0.2, 0.25) is 0 Å². The maximum Gasteiger partial charge on any atom is 0.253 e. The molecule has 1 aliphatic rings. The highest BCUT2D eigenvalue weighted by Gasteiger charge is 2.28. The minimum absolute atomic E-state index is 0.0694. The Morgan fingerprint density at radius 2 is 1.89 bits per heavy atom. The molecule has 3 rings (SSSR count). The van der Waals surface area contributed by atoms with Crippen LogP contribution in [-0.4, -0.2) is 36.4 Å². The fourth-order valence-electron chi connectivity index (χ4n) is 3.23. The van der Waals surface area contributed by atoms with E-state index >= 15 is 0 Å². The van der Waals surface area contributed by atoms with E-state index in [1.165, 1.54) is 18.2 Å². The number of piperidine rings is 1. The molecule has 2 aromatic carbocycles. The fraction of sp³-hybridized carbons (Fsp3) is 0.333. The zero-order valence-electron chi connectivity index (χ0n) is 15.3. The van der Waals surface area contributed by atoms with Gasteiger partial charge in [0.15, 0.2) is 0 Å². The van der Waals surface area contributed by atoms with Crippen LogP contribution < -0.4 is 10.1 Å². The van der Waals surface area contributed by atoms with Gasteiger partial charge >= 0.3 is 0 Å². The van der Waals surface area contributed by atoms with Crippen molar-refractivity contribution < 1.29 is 18.7 Å². The maximum atomic E-state index is 13.3. The first-order valence-electron chi connectivity index (χ1n) is 9.16. The van der Waals surface area contributed by atoms with E-state index in [-0.39, 0.29) is 17.7 Å². The third kappa shape index (κ3) is 4.64. The molecule has 6 heteroatoms. The number of hydrogen-bond donors (Lipinski definition) is 1. The number of halogens is 1. The Kier molecular flexibility index (Phi) is 6.06. The lowest BCUT2D eigenvalue weighted by molar-refractivity contribution is -0.121. The maximum absolute atomic E-state index is 13.3. The fourth-order valence-corrected chi connectivity index (χ4v) is 3.23. The summed E-state index contributed by atoms with van der Waals surface area (Å²) >= 11 is 0. The minimum atomic E-state index is -0.428. The number of carbonyl (C=O) groups is 2. The molecule has 0 atom stereocenters. The van der Waals surface area contributed by atoms with Gasteiger partial charge in [-0.2, -0.15) is 0 Å². The van der Waals surface area contributed by atoms with Gasteiger partial charge in [-0.15, -0.1) is 0 Å². The van der Waals surface area contributed by atoms with Crippen molar-refractivity contribution in [3.8, 4) is 5.75 Å². The van der Waals surface area contributed by atoms with Gasteiger partial charge in [0.05, 0.1) is 12.3 Å². The van der Waals surface area contributed by atoms with Gasteiger partial charge in [-0.25, -0.2) is 4.39 Å². The van der Waals surface area contributed by atoms with Crippen LogP contribution >= 0.6 is 0 Å². The Morgan fingerprint density at radius 3 is 2.59 bits per heavy atom. The number of nitrogens with zero attached hydrogens (tertiary/aromatic N) is 1. The molecular formula is C21H23FN2O3. The summed E-state index contributed by atoms with van der Waals surface area (Å²) in [5.41, 5.74) is 0.992. The summed E-state index contributed by atoms with van der Waals surface area (Å²) in [7, 11) is 0. The molecule has 0 spiro atoms. The van der Waals surface area contributed by atoms with Crippen LogP contribution in [0, 0.1) is 11.7 Å². The number of para-hydroxylation sites is 2. The van der Waals surface area contributed by atoms with E-state index in [2.05, 4.69) is 5.32 Å². The highest BCUT2D eigenvalue weighted by molar-refractivity contribution is 5.96. The van der Waals surface area contributed by atoms with Crippen LogP contribution in [0.3, 0.4) is 0 Å². The number of rotatable bonds is 5. The Balaban J connectivity index is 1.57. The molecule has 0 saturated carbocycles. The number of likely N-dealkylation sites (tertiary alicyclic amines) is 1. The van der Waals surface area contributed by atoms with E-state index < -0.39 is 5.82 Å². The van der Waals surface area contributed by atoms with Crippen molar-refractivity contribution in [1.29, 1.82) is 0 Å². The average Bonchev–Trinajstić information content (AvgIpc) is 2.69. The summed E-state index contributed by atoms with van der Waals surface area (Å²) in [5, 5.41) is 2.93. The summed E-state index contributed by atoms with van der Waals surface area (Å²) in [6.45, 7) is 3.36. The van der Waals surface area contributed by atoms with E-state index in [4.69, 9.17) is 4.74 Å². The third-order valence-electron chi connectivity index (χ3n) is 4.67. The Morgan fingerprint density at radius 1 is 1.15 bits per heavy atom. The molecular weight excluding hydrogens is 347 g/mol. The predicted molar refractivity (Wildman–Crippen MR) is 101 cm³/mol. The molecule has 2 amide bonds. The van der Waals surface area contributed by atoms with Gasteiger partial charge in [-0.3, -0.25) is 9.59 Å². The van der Waals surface area contributed by atoms with Gasteiger partial charge in [-0.05, 0) is 50.1 Å². The van der Waals surface area contributed by atoms with Crippen molar-refractivity contribution >= 4 is 17.5 Å². The number of benzene rings is 2. The van der Waals surface area contributed by atoms with Crippen LogP contribution in [0.4, 0.5) is 10.1 Å². The molecule has 0 aromatic heterocycles. The van der Waals surface area contributed by atoms with E-state index in [1.807, 2.05) is 31.2 Å². The van der Waals surface area contributed by atoms with Crippen LogP contribution in [0.25, 0.3) is 0 Å². The van der Waals surface area contributed by atoms with Crippen molar-refractivity contribution in [2.24, 2.45) is 5.92 Å². The Hall–Kier alpha value is -2.89. The van der Waals surface area contributed by atoms with Gasteiger partial charge in [0.25, 0.3) is 5.91 Å². The largest absolute Gasteiger partial charge is 0.492 e. The number of nitrogens with one attached hydrogen (secondary N) is 1. The second-order valence-electron chi connectivity index (χ2n) is 6.50. The molecule has 1 saturated heterocycles. The van der Waals surface area contributed by atoms with E-state index in [0.717, 1.165) is 0 Å². The summed E-state index contributed by atoms with van der Waals surface area (Å²) in [6, 6.07) is 13.0. The van der Waals surface area contributed by atoms with Gasteiger partial charge in [0.1, 0.15) is 11.6 Å². The van der Waals surface area contributed by atoms with Crippen molar-refractivity contribution in [3.05, 3.63) is 59.9 Å².